The molecule has 0 aliphatic heterocycles. The maximum absolute atomic E-state index is 12.6. The summed E-state index contributed by atoms with van der Waals surface area (Å²) in [4.78, 5) is 14.4. The Morgan fingerprint density at radius 2 is 1.92 bits per heavy atom. The average Bonchev–Trinajstić information content (AvgIpc) is 2.57. The Balaban J connectivity index is 2.07. The zero-order chi connectivity index (χ0) is 17.5. The Bertz CT molecular complexity index is 721. The van der Waals surface area contributed by atoms with Crippen molar-refractivity contribution in [2.75, 3.05) is 13.1 Å². The van der Waals surface area contributed by atoms with Crippen molar-refractivity contribution in [3.63, 3.8) is 0 Å². The van der Waals surface area contributed by atoms with Crippen LogP contribution in [0, 0.1) is 6.92 Å². The molecule has 3 heteroatoms. The van der Waals surface area contributed by atoms with Gasteiger partial charge in [-0.2, -0.15) is 0 Å². The minimum Gasteiger partial charge on any atom is -0.489 e. The van der Waals surface area contributed by atoms with Crippen LogP contribution in [-0.2, 0) is 6.61 Å². The van der Waals surface area contributed by atoms with E-state index in [-0.39, 0.29) is 5.91 Å². The third-order valence-corrected chi connectivity index (χ3v) is 3.70. The van der Waals surface area contributed by atoms with E-state index in [2.05, 4.69) is 25.6 Å². The monoisotopic (exact) mass is 323 g/mol. The van der Waals surface area contributed by atoms with Gasteiger partial charge >= 0.3 is 0 Å². The van der Waals surface area contributed by atoms with Crippen molar-refractivity contribution in [1.82, 2.24) is 4.90 Å². The Morgan fingerprint density at radius 1 is 1.17 bits per heavy atom. The largest absolute Gasteiger partial charge is 0.489 e. The summed E-state index contributed by atoms with van der Waals surface area (Å²) in [5, 5.41) is 0. The van der Waals surface area contributed by atoms with Crippen molar-refractivity contribution in [2.24, 2.45) is 0 Å². The molecule has 2 rings (SSSR count). The molecule has 2 aromatic rings. The standard InChI is InChI=1S/C21H25NO2/c1-5-22(14-16(2)3)21(23)19-10-7-11-20(13-19)24-15-18-9-6-8-17(4)12-18/h6-13H,2,5,14-15H2,1,3-4H3. The van der Waals surface area contributed by atoms with Gasteiger partial charge in [0.2, 0.25) is 0 Å². The van der Waals surface area contributed by atoms with Crippen LogP contribution in [0.15, 0.2) is 60.7 Å². The van der Waals surface area contributed by atoms with E-state index in [4.69, 9.17) is 4.74 Å². The van der Waals surface area contributed by atoms with Crippen LogP contribution >= 0.6 is 0 Å². The van der Waals surface area contributed by atoms with Crippen molar-refractivity contribution >= 4 is 5.91 Å². The van der Waals surface area contributed by atoms with E-state index in [1.54, 1.807) is 11.0 Å². The van der Waals surface area contributed by atoms with Gasteiger partial charge in [-0.15, -0.1) is 0 Å². The molecule has 0 saturated heterocycles. The van der Waals surface area contributed by atoms with Gasteiger partial charge in [0.25, 0.3) is 5.91 Å². The topological polar surface area (TPSA) is 29.5 Å². The molecule has 0 heterocycles. The molecule has 3 nitrogen and oxygen atoms in total. The van der Waals surface area contributed by atoms with Crippen LogP contribution in [-0.4, -0.2) is 23.9 Å². The van der Waals surface area contributed by atoms with Gasteiger partial charge in [0.05, 0.1) is 0 Å². The van der Waals surface area contributed by atoms with Crippen LogP contribution in [0.5, 0.6) is 5.75 Å². The maximum atomic E-state index is 12.6. The van der Waals surface area contributed by atoms with Crippen LogP contribution in [0.3, 0.4) is 0 Å². The van der Waals surface area contributed by atoms with Gasteiger partial charge in [-0.3, -0.25) is 4.79 Å². The first kappa shape index (κ1) is 17.8. The lowest BCUT2D eigenvalue weighted by atomic mass is 10.1. The maximum Gasteiger partial charge on any atom is 0.254 e. The highest BCUT2D eigenvalue weighted by Crippen LogP contribution is 2.17. The SMILES string of the molecule is C=C(C)CN(CC)C(=O)c1cccc(OCc2cccc(C)c2)c1. The molecule has 0 aliphatic rings. The summed E-state index contributed by atoms with van der Waals surface area (Å²) in [6.07, 6.45) is 0. The minimum atomic E-state index is 0.00139. The van der Waals surface area contributed by atoms with Crippen LogP contribution in [0.4, 0.5) is 0 Å². The quantitative estimate of drug-likeness (QED) is 0.696. The smallest absolute Gasteiger partial charge is 0.254 e. The fraction of sp³-hybridized carbons (Fsp3) is 0.286. The number of hydrogen-bond donors (Lipinski definition) is 0. The first-order valence-electron chi connectivity index (χ1n) is 8.21. The van der Waals surface area contributed by atoms with Gasteiger partial charge < -0.3 is 9.64 Å². The zero-order valence-corrected chi connectivity index (χ0v) is 14.7. The molecular formula is C21H25NO2. The lowest BCUT2D eigenvalue weighted by Gasteiger charge is -2.21. The third kappa shape index (κ3) is 4.98. The number of carbonyl (C=O) groups excluding carboxylic acids is 1. The van der Waals surface area contributed by atoms with Crippen LogP contribution in [0.25, 0.3) is 0 Å². The predicted octanol–water partition coefficient (Wildman–Crippen LogP) is 4.61. The number of benzene rings is 2. The van der Waals surface area contributed by atoms with E-state index in [9.17, 15) is 4.79 Å². The molecule has 0 fully saturated rings. The summed E-state index contributed by atoms with van der Waals surface area (Å²) in [5.74, 6) is 0.704. The second-order valence-electron chi connectivity index (χ2n) is 6.08. The number of ether oxygens (including phenoxy) is 1. The van der Waals surface area contributed by atoms with E-state index in [1.807, 2.05) is 44.2 Å². The van der Waals surface area contributed by atoms with E-state index >= 15 is 0 Å². The summed E-state index contributed by atoms with van der Waals surface area (Å²) in [7, 11) is 0. The van der Waals surface area contributed by atoms with Gasteiger partial charge in [-0.05, 0) is 44.5 Å². The number of aryl methyl sites for hydroxylation is 1. The molecule has 0 aliphatic carbocycles. The predicted molar refractivity (Wildman–Crippen MR) is 98.3 cm³/mol. The molecule has 0 atom stereocenters. The highest BCUT2D eigenvalue weighted by Gasteiger charge is 2.14. The highest BCUT2D eigenvalue weighted by molar-refractivity contribution is 5.94. The van der Waals surface area contributed by atoms with Crippen molar-refractivity contribution in [2.45, 2.75) is 27.4 Å². The Hall–Kier alpha value is -2.55. The first-order chi connectivity index (χ1) is 11.5. The van der Waals surface area contributed by atoms with Crippen LogP contribution < -0.4 is 4.74 Å². The third-order valence-electron chi connectivity index (χ3n) is 3.70. The molecule has 24 heavy (non-hydrogen) atoms. The second kappa shape index (κ2) is 8.34. The molecule has 1 amide bonds. The molecule has 0 radical (unpaired) electrons. The number of likely N-dealkylation sites (N-methyl/N-ethyl adjacent to an activating group) is 1. The van der Waals surface area contributed by atoms with Crippen molar-refractivity contribution in [3.8, 4) is 5.75 Å². The molecule has 0 aromatic heterocycles. The fourth-order valence-corrected chi connectivity index (χ4v) is 2.52. The number of nitrogens with zero attached hydrogens (tertiary/aromatic N) is 1. The molecule has 126 valence electrons. The van der Waals surface area contributed by atoms with E-state index < -0.39 is 0 Å². The van der Waals surface area contributed by atoms with E-state index in [0.29, 0.717) is 31.0 Å². The van der Waals surface area contributed by atoms with Crippen molar-refractivity contribution in [3.05, 3.63) is 77.4 Å². The summed E-state index contributed by atoms with van der Waals surface area (Å²) >= 11 is 0. The van der Waals surface area contributed by atoms with Crippen LogP contribution in [0.1, 0.15) is 35.3 Å². The summed E-state index contributed by atoms with van der Waals surface area (Å²) in [6, 6.07) is 15.6. The highest BCUT2D eigenvalue weighted by atomic mass is 16.5. The van der Waals surface area contributed by atoms with Gasteiger partial charge in [-0.25, -0.2) is 0 Å². The lowest BCUT2D eigenvalue weighted by molar-refractivity contribution is 0.0778. The van der Waals surface area contributed by atoms with Crippen LogP contribution in [0.2, 0.25) is 0 Å². The van der Waals surface area contributed by atoms with Gasteiger partial charge in [0.1, 0.15) is 12.4 Å². The lowest BCUT2D eigenvalue weighted by Crippen LogP contribution is -2.32. The summed E-state index contributed by atoms with van der Waals surface area (Å²) in [5.41, 5.74) is 3.93. The van der Waals surface area contributed by atoms with Gasteiger partial charge in [0.15, 0.2) is 0 Å². The molecule has 0 spiro atoms. The Kier molecular flexibility index (Phi) is 6.19. The van der Waals surface area contributed by atoms with Crippen molar-refractivity contribution in [1.29, 1.82) is 0 Å². The summed E-state index contributed by atoms with van der Waals surface area (Å²) in [6.45, 7) is 11.6. The molecule has 0 unspecified atom stereocenters. The minimum absolute atomic E-state index is 0.00139. The van der Waals surface area contributed by atoms with Gasteiger partial charge in [0, 0.05) is 18.7 Å². The van der Waals surface area contributed by atoms with E-state index in [1.165, 1.54) is 5.56 Å². The molecule has 0 bridgehead atoms. The fourth-order valence-electron chi connectivity index (χ4n) is 2.52. The number of carbonyl (C=O) groups is 1. The molecular weight excluding hydrogens is 298 g/mol. The van der Waals surface area contributed by atoms with E-state index in [0.717, 1.165) is 11.1 Å². The molecule has 2 aromatic carbocycles. The van der Waals surface area contributed by atoms with Gasteiger partial charge in [-0.1, -0.05) is 48.0 Å². The average molecular weight is 323 g/mol. The normalized spacial score (nSPS) is 10.3. The Labute approximate surface area is 144 Å². The second-order valence-corrected chi connectivity index (χ2v) is 6.08. The first-order valence-corrected chi connectivity index (χ1v) is 8.21. The Morgan fingerprint density at radius 3 is 2.58 bits per heavy atom. The number of amides is 1. The zero-order valence-electron chi connectivity index (χ0n) is 14.7. The van der Waals surface area contributed by atoms with Crippen molar-refractivity contribution < 1.29 is 9.53 Å². The summed E-state index contributed by atoms with van der Waals surface area (Å²) < 4.78 is 5.84. The number of rotatable bonds is 7. The molecule has 0 saturated carbocycles. The molecule has 0 N–H and O–H groups in total. The number of hydrogen-bond acceptors (Lipinski definition) is 2.